The third-order valence-corrected chi connectivity index (χ3v) is 2.71. The second-order valence-electron chi connectivity index (χ2n) is 2.92. The van der Waals surface area contributed by atoms with Gasteiger partial charge in [0.05, 0.1) is 5.25 Å². The Bertz CT molecular complexity index is 316. The summed E-state index contributed by atoms with van der Waals surface area (Å²) in [4.78, 5) is 0. The second kappa shape index (κ2) is 5.26. The Kier molecular flexibility index (Phi) is 4.27. The molecule has 0 aromatic heterocycles. The molecule has 0 radical (unpaired) electrons. The molecule has 0 aliphatic rings. The first-order valence-electron chi connectivity index (χ1n) is 4.45. The van der Waals surface area contributed by atoms with Crippen molar-refractivity contribution in [3.63, 3.8) is 0 Å². The number of benzene rings is 1. The van der Waals surface area contributed by atoms with Crippen LogP contribution in [0.4, 0.5) is 13.2 Å². The minimum absolute atomic E-state index is 0.00727. The van der Waals surface area contributed by atoms with Crippen molar-refractivity contribution in [3.8, 4) is 0 Å². The lowest BCUT2D eigenvalue weighted by atomic mass is 10.1. The number of halogens is 3. The van der Waals surface area contributed by atoms with E-state index in [9.17, 15) is 13.2 Å². The van der Waals surface area contributed by atoms with Gasteiger partial charge < -0.3 is 0 Å². The van der Waals surface area contributed by atoms with E-state index in [-0.39, 0.29) is 11.8 Å². The van der Waals surface area contributed by atoms with Crippen LogP contribution in [-0.2, 0) is 0 Å². The summed E-state index contributed by atoms with van der Waals surface area (Å²) in [6.07, 6.45) is 3.18. The Morgan fingerprint density at radius 2 is 1.80 bits per heavy atom. The highest BCUT2D eigenvalue weighted by Gasteiger charge is 2.32. The molecule has 0 bridgehead atoms. The maximum atomic E-state index is 12.2. The fraction of sp³-hybridized carbons (Fsp3) is 0.273. The van der Waals surface area contributed by atoms with Crippen molar-refractivity contribution < 1.29 is 13.2 Å². The average Bonchev–Trinajstić information content (AvgIpc) is 2.17. The van der Waals surface area contributed by atoms with Gasteiger partial charge >= 0.3 is 5.51 Å². The number of alkyl halides is 3. The van der Waals surface area contributed by atoms with Crippen molar-refractivity contribution in [1.82, 2.24) is 0 Å². The number of allylic oxidation sites excluding steroid dienone is 1. The SMILES string of the molecule is C/C=C/C(SC(F)(F)F)c1ccccc1. The van der Waals surface area contributed by atoms with Crippen LogP contribution >= 0.6 is 11.8 Å². The highest BCUT2D eigenvalue weighted by molar-refractivity contribution is 8.00. The number of rotatable bonds is 3. The summed E-state index contributed by atoms with van der Waals surface area (Å²) in [5.41, 5.74) is -3.54. The summed E-state index contributed by atoms with van der Waals surface area (Å²) in [7, 11) is 0. The zero-order chi connectivity index (χ0) is 11.3. The summed E-state index contributed by atoms with van der Waals surface area (Å²) in [6.45, 7) is 1.72. The Morgan fingerprint density at radius 3 is 2.27 bits per heavy atom. The van der Waals surface area contributed by atoms with Crippen molar-refractivity contribution in [3.05, 3.63) is 48.0 Å². The molecule has 0 aliphatic heterocycles. The molecule has 1 atom stereocenters. The van der Waals surface area contributed by atoms with E-state index in [1.807, 2.05) is 0 Å². The van der Waals surface area contributed by atoms with Crippen molar-refractivity contribution in [2.24, 2.45) is 0 Å². The first-order valence-corrected chi connectivity index (χ1v) is 5.33. The van der Waals surface area contributed by atoms with Crippen molar-refractivity contribution in [2.45, 2.75) is 17.7 Å². The lowest BCUT2D eigenvalue weighted by Gasteiger charge is -2.14. The molecule has 0 saturated heterocycles. The van der Waals surface area contributed by atoms with Crippen LogP contribution in [-0.4, -0.2) is 5.51 Å². The summed E-state index contributed by atoms with van der Waals surface area (Å²) in [5.74, 6) is 0. The lowest BCUT2D eigenvalue weighted by molar-refractivity contribution is -0.0331. The van der Waals surface area contributed by atoms with Crippen LogP contribution < -0.4 is 0 Å². The van der Waals surface area contributed by atoms with E-state index in [1.165, 1.54) is 0 Å². The molecule has 82 valence electrons. The predicted octanol–water partition coefficient (Wildman–Crippen LogP) is 4.56. The molecule has 0 aliphatic carbocycles. The molecule has 0 nitrogen and oxygen atoms in total. The molecular weight excluding hydrogens is 221 g/mol. The fourth-order valence-corrected chi connectivity index (χ4v) is 2.00. The summed E-state index contributed by atoms with van der Waals surface area (Å²) in [5, 5.41) is -0.656. The molecule has 0 fully saturated rings. The van der Waals surface area contributed by atoms with Gasteiger partial charge in [-0.2, -0.15) is 13.2 Å². The van der Waals surface area contributed by atoms with Crippen LogP contribution in [0.2, 0.25) is 0 Å². The van der Waals surface area contributed by atoms with Crippen molar-refractivity contribution in [1.29, 1.82) is 0 Å². The molecule has 0 N–H and O–H groups in total. The molecule has 0 amide bonds. The molecule has 1 aromatic rings. The van der Waals surface area contributed by atoms with Gasteiger partial charge in [-0.05, 0) is 24.2 Å². The minimum Gasteiger partial charge on any atom is -0.160 e. The van der Waals surface area contributed by atoms with Gasteiger partial charge in [0.2, 0.25) is 0 Å². The van der Waals surface area contributed by atoms with Gasteiger partial charge in [0.25, 0.3) is 0 Å². The van der Waals surface area contributed by atoms with Crippen LogP contribution in [0.5, 0.6) is 0 Å². The van der Waals surface area contributed by atoms with Crippen molar-refractivity contribution in [2.75, 3.05) is 0 Å². The first-order chi connectivity index (χ1) is 7.03. The predicted molar refractivity (Wildman–Crippen MR) is 57.6 cm³/mol. The third-order valence-electron chi connectivity index (χ3n) is 1.76. The van der Waals surface area contributed by atoms with Crippen LogP contribution in [0, 0.1) is 0 Å². The molecule has 0 heterocycles. The van der Waals surface area contributed by atoms with Gasteiger partial charge in [-0.15, -0.1) is 0 Å². The normalized spacial score (nSPS) is 14.4. The zero-order valence-corrected chi connectivity index (χ0v) is 8.98. The van der Waals surface area contributed by atoms with Gasteiger partial charge in [-0.25, -0.2) is 0 Å². The number of hydrogen-bond donors (Lipinski definition) is 0. The molecule has 1 unspecified atom stereocenters. The molecule has 1 aromatic carbocycles. The summed E-state index contributed by atoms with van der Waals surface area (Å²) >= 11 is -0.00727. The van der Waals surface area contributed by atoms with E-state index in [1.54, 1.807) is 49.4 Å². The van der Waals surface area contributed by atoms with E-state index < -0.39 is 10.8 Å². The zero-order valence-electron chi connectivity index (χ0n) is 8.16. The molecule has 0 saturated carbocycles. The highest BCUT2D eigenvalue weighted by Crippen LogP contribution is 2.42. The quantitative estimate of drug-likeness (QED) is 0.688. The van der Waals surface area contributed by atoms with E-state index in [0.29, 0.717) is 5.56 Å². The van der Waals surface area contributed by atoms with E-state index in [4.69, 9.17) is 0 Å². The number of hydrogen-bond acceptors (Lipinski definition) is 1. The number of thioether (sulfide) groups is 1. The maximum Gasteiger partial charge on any atom is 0.442 e. The Morgan fingerprint density at radius 1 is 1.20 bits per heavy atom. The molecule has 15 heavy (non-hydrogen) atoms. The Labute approximate surface area is 91.2 Å². The monoisotopic (exact) mass is 232 g/mol. The summed E-state index contributed by atoms with van der Waals surface area (Å²) < 4.78 is 36.7. The standard InChI is InChI=1S/C11H11F3S/c1-2-6-10(15-11(12,13)14)9-7-4-3-5-8-9/h2-8,10H,1H3/b6-2+. The van der Waals surface area contributed by atoms with Crippen LogP contribution in [0.3, 0.4) is 0 Å². The molecule has 1 rings (SSSR count). The molecule has 4 heteroatoms. The lowest BCUT2D eigenvalue weighted by Crippen LogP contribution is -2.04. The van der Waals surface area contributed by atoms with Gasteiger partial charge in [-0.1, -0.05) is 42.5 Å². The van der Waals surface area contributed by atoms with Crippen LogP contribution in [0.1, 0.15) is 17.7 Å². The van der Waals surface area contributed by atoms with Crippen LogP contribution in [0.15, 0.2) is 42.5 Å². The van der Waals surface area contributed by atoms with Crippen molar-refractivity contribution >= 4 is 11.8 Å². The van der Waals surface area contributed by atoms with Gasteiger partial charge in [-0.3, -0.25) is 0 Å². The van der Waals surface area contributed by atoms with Gasteiger partial charge in [0.1, 0.15) is 0 Å². The van der Waals surface area contributed by atoms with E-state index in [0.717, 1.165) is 0 Å². The minimum atomic E-state index is -4.21. The smallest absolute Gasteiger partial charge is 0.160 e. The molecule has 0 spiro atoms. The van der Waals surface area contributed by atoms with Crippen LogP contribution in [0.25, 0.3) is 0 Å². The topological polar surface area (TPSA) is 0 Å². The fourth-order valence-electron chi connectivity index (χ4n) is 1.18. The van der Waals surface area contributed by atoms with Gasteiger partial charge in [0, 0.05) is 0 Å². The average molecular weight is 232 g/mol. The van der Waals surface area contributed by atoms with E-state index >= 15 is 0 Å². The Balaban J connectivity index is 2.84. The second-order valence-corrected chi connectivity index (χ2v) is 4.13. The Hall–Kier alpha value is -0.900. The first kappa shape index (κ1) is 12.2. The third kappa shape index (κ3) is 4.42. The summed E-state index contributed by atoms with van der Waals surface area (Å²) in [6, 6.07) is 8.66. The molecular formula is C11H11F3S. The van der Waals surface area contributed by atoms with E-state index in [2.05, 4.69) is 0 Å². The highest BCUT2D eigenvalue weighted by atomic mass is 32.2. The largest absolute Gasteiger partial charge is 0.442 e. The maximum absolute atomic E-state index is 12.2. The van der Waals surface area contributed by atoms with Gasteiger partial charge in [0.15, 0.2) is 0 Å².